The van der Waals surface area contributed by atoms with Gasteiger partial charge in [0, 0.05) is 17.8 Å². The van der Waals surface area contributed by atoms with E-state index in [-0.39, 0.29) is 11.7 Å². The Balaban J connectivity index is 1.86. The number of anilines is 1. The third-order valence-corrected chi connectivity index (χ3v) is 4.02. The monoisotopic (exact) mass is 294 g/mol. The average molecular weight is 294 g/mol. The molecular formula is C18H18N2O2. The van der Waals surface area contributed by atoms with Crippen molar-refractivity contribution in [2.24, 2.45) is 5.73 Å². The van der Waals surface area contributed by atoms with Gasteiger partial charge in [0.25, 0.3) is 0 Å². The minimum Gasteiger partial charge on any atom is -0.326 e. The van der Waals surface area contributed by atoms with E-state index in [1.807, 2.05) is 36.4 Å². The lowest BCUT2D eigenvalue weighted by Crippen LogP contribution is -2.25. The predicted octanol–water partition coefficient (Wildman–Crippen LogP) is 2.44. The van der Waals surface area contributed by atoms with Crippen LogP contribution in [-0.4, -0.2) is 11.7 Å². The molecule has 0 unspecified atom stereocenters. The van der Waals surface area contributed by atoms with E-state index in [0.717, 1.165) is 22.4 Å². The van der Waals surface area contributed by atoms with Crippen molar-refractivity contribution in [2.75, 3.05) is 4.90 Å². The Labute approximate surface area is 129 Å². The van der Waals surface area contributed by atoms with Crippen molar-refractivity contribution < 1.29 is 9.59 Å². The van der Waals surface area contributed by atoms with Crippen LogP contribution < -0.4 is 10.6 Å². The molecule has 4 heteroatoms. The minimum absolute atomic E-state index is 0.0195. The van der Waals surface area contributed by atoms with Crippen LogP contribution in [0.5, 0.6) is 0 Å². The molecule has 0 radical (unpaired) electrons. The van der Waals surface area contributed by atoms with E-state index in [0.29, 0.717) is 25.1 Å². The summed E-state index contributed by atoms with van der Waals surface area (Å²) in [5.41, 5.74) is 10.2. The highest BCUT2D eigenvalue weighted by molar-refractivity contribution is 6.03. The zero-order valence-corrected chi connectivity index (χ0v) is 12.5. The molecule has 0 aliphatic carbocycles. The molecule has 0 atom stereocenters. The van der Waals surface area contributed by atoms with Crippen molar-refractivity contribution in [3.05, 3.63) is 64.7 Å². The molecule has 1 aliphatic rings. The Bertz CT molecular complexity index is 735. The standard InChI is InChI=1S/C18H18N2O2/c1-12(21)15-6-7-17-16(8-15)9-18(22)20(17)11-14-4-2-13(10-19)3-5-14/h2-8H,9-11,19H2,1H3. The first-order chi connectivity index (χ1) is 10.6. The van der Waals surface area contributed by atoms with E-state index >= 15 is 0 Å². The molecule has 0 saturated heterocycles. The Morgan fingerprint density at radius 3 is 2.45 bits per heavy atom. The van der Waals surface area contributed by atoms with Crippen LogP contribution in [0.25, 0.3) is 0 Å². The van der Waals surface area contributed by atoms with Crippen molar-refractivity contribution >= 4 is 17.4 Å². The summed E-state index contributed by atoms with van der Waals surface area (Å²) in [6.07, 6.45) is 0.358. The first-order valence-electron chi connectivity index (χ1n) is 7.30. The number of carbonyl (C=O) groups is 2. The lowest BCUT2D eigenvalue weighted by molar-refractivity contribution is -0.117. The molecule has 0 fully saturated rings. The minimum atomic E-state index is 0.0195. The second kappa shape index (κ2) is 5.73. The molecule has 112 valence electrons. The zero-order valence-electron chi connectivity index (χ0n) is 12.5. The highest BCUT2D eigenvalue weighted by Crippen LogP contribution is 2.31. The fraction of sp³-hybridized carbons (Fsp3) is 0.222. The highest BCUT2D eigenvalue weighted by Gasteiger charge is 2.27. The highest BCUT2D eigenvalue weighted by atomic mass is 16.2. The number of benzene rings is 2. The van der Waals surface area contributed by atoms with Gasteiger partial charge in [0.05, 0.1) is 13.0 Å². The summed E-state index contributed by atoms with van der Waals surface area (Å²) in [6, 6.07) is 13.4. The number of hydrogen-bond acceptors (Lipinski definition) is 3. The molecule has 2 aromatic rings. The van der Waals surface area contributed by atoms with Gasteiger partial charge < -0.3 is 10.6 Å². The normalized spacial score (nSPS) is 13.4. The van der Waals surface area contributed by atoms with Gasteiger partial charge in [-0.3, -0.25) is 9.59 Å². The van der Waals surface area contributed by atoms with Crippen molar-refractivity contribution in [3.8, 4) is 0 Å². The van der Waals surface area contributed by atoms with Crippen LogP contribution in [-0.2, 0) is 24.3 Å². The van der Waals surface area contributed by atoms with Gasteiger partial charge in [-0.15, -0.1) is 0 Å². The number of hydrogen-bond donors (Lipinski definition) is 1. The number of carbonyl (C=O) groups excluding carboxylic acids is 2. The van der Waals surface area contributed by atoms with Crippen LogP contribution in [0.2, 0.25) is 0 Å². The summed E-state index contributed by atoms with van der Waals surface area (Å²) in [5.74, 6) is 0.0877. The molecule has 0 spiro atoms. The Morgan fingerprint density at radius 1 is 1.14 bits per heavy atom. The smallest absolute Gasteiger partial charge is 0.231 e. The summed E-state index contributed by atoms with van der Waals surface area (Å²) in [6.45, 7) is 2.59. The largest absolute Gasteiger partial charge is 0.326 e. The summed E-state index contributed by atoms with van der Waals surface area (Å²) in [5, 5.41) is 0. The molecule has 2 N–H and O–H groups in total. The number of nitrogens with zero attached hydrogens (tertiary/aromatic N) is 1. The fourth-order valence-corrected chi connectivity index (χ4v) is 2.74. The number of rotatable bonds is 4. The Morgan fingerprint density at radius 2 is 1.82 bits per heavy atom. The fourth-order valence-electron chi connectivity index (χ4n) is 2.74. The van der Waals surface area contributed by atoms with E-state index in [4.69, 9.17) is 5.73 Å². The number of nitrogens with two attached hydrogens (primary N) is 1. The Hall–Kier alpha value is -2.46. The van der Waals surface area contributed by atoms with Gasteiger partial charge in [-0.05, 0) is 41.8 Å². The van der Waals surface area contributed by atoms with E-state index < -0.39 is 0 Å². The van der Waals surface area contributed by atoms with E-state index in [9.17, 15) is 9.59 Å². The van der Waals surface area contributed by atoms with Gasteiger partial charge in [-0.25, -0.2) is 0 Å². The third kappa shape index (κ3) is 2.65. The topological polar surface area (TPSA) is 63.4 Å². The molecule has 3 rings (SSSR count). The van der Waals surface area contributed by atoms with Crippen molar-refractivity contribution in [1.29, 1.82) is 0 Å². The molecule has 0 aromatic heterocycles. The molecule has 2 aromatic carbocycles. The number of amides is 1. The summed E-state index contributed by atoms with van der Waals surface area (Å²) >= 11 is 0. The maximum absolute atomic E-state index is 12.3. The van der Waals surface area contributed by atoms with E-state index in [1.165, 1.54) is 6.92 Å². The number of Topliss-reactive ketones (excluding diaryl/α,β-unsaturated/α-hetero) is 1. The van der Waals surface area contributed by atoms with Crippen LogP contribution in [0.4, 0.5) is 5.69 Å². The van der Waals surface area contributed by atoms with Gasteiger partial charge in [0.2, 0.25) is 5.91 Å². The predicted molar refractivity (Wildman–Crippen MR) is 85.7 cm³/mol. The summed E-state index contributed by atoms with van der Waals surface area (Å²) in [7, 11) is 0. The van der Waals surface area contributed by atoms with E-state index in [2.05, 4.69) is 0 Å². The second-order valence-electron chi connectivity index (χ2n) is 5.58. The number of ketones is 1. The molecule has 4 nitrogen and oxygen atoms in total. The maximum Gasteiger partial charge on any atom is 0.231 e. The van der Waals surface area contributed by atoms with Crippen LogP contribution in [0.15, 0.2) is 42.5 Å². The second-order valence-corrected chi connectivity index (χ2v) is 5.58. The van der Waals surface area contributed by atoms with Crippen LogP contribution in [0.1, 0.15) is 34.0 Å². The van der Waals surface area contributed by atoms with Crippen molar-refractivity contribution in [3.63, 3.8) is 0 Å². The molecule has 0 saturated carbocycles. The SMILES string of the molecule is CC(=O)c1ccc2c(c1)CC(=O)N2Cc1ccc(CN)cc1. The van der Waals surface area contributed by atoms with E-state index in [1.54, 1.807) is 11.0 Å². The average Bonchev–Trinajstić information content (AvgIpc) is 2.83. The summed E-state index contributed by atoms with van der Waals surface area (Å²) in [4.78, 5) is 25.5. The molecule has 1 aliphatic heterocycles. The zero-order chi connectivity index (χ0) is 15.7. The van der Waals surface area contributed by atoms with Gasteiger partial charge >= 0.3 is 0 Å². The van der Waals surface area contributed by atoms with Crippen molar-refractivity contribution in [1.82, 2.24) is 0 Å². The quantitative estimate of drug-likeness (QED) is 0.881. The van der Waals surface area contributed by atoms with Gasteiger partial charge in [0.1, 0.15) is 0 Å². The lowest BCUT2D eigenvalue weighted by atomic mass is 10.1. The lowest BCUT2D eigenvalue weighted by Gasteiger charge is -2.18. The number of fused-ring (bicyclic) bond motifs is 1. The van der Waals surface area contributed by atoms with Gasteiger partial charge in [-0.2, -0.15) is 0 Å². The molecule has 1 heterocycles. The molecule has 0 bridgehead atoms. The van der Waals surface area contributed by atoms with Crippen LogP contribution in [0.3, 0.4) is 0 Å². The molecule has 22 heavy (non-hydrogen) atoms. The molecule has 1 amide bonds. The maximum atomic E-state index is 12.3. The van der Waals surface area contributed by atoms with Gasteiger partial charge in [0.15, 0.2) is 5.78 Å². The first-order valence-corrected chi connectivity index (χ1v) is 7.30. The third-order valence-electron chi connectivity index (χ3n) is 4.02. The van der Waals surface area contributed by atoms with Crippen LogP contribution >= 0.6 is 0 Å². The Kier molecular flexibility index (Phi) is 3.77. The summed E-state index contributed by atoms with van der Waals surface area (Å²) < 4.78 is 0. The first kappa shape index (κ1) is 14.5. The molecular weight excluding hydrogens is 276 g/mol. The van der Waals surface area contributed by atoms with Crippen molar-refractivity contribution in [2.45, 2.75) is 26.4 Å². The van der Waals surface area contributed by atoms with Crippen LogP contribution in [0, 0.1) is 0 Å². The van der Waals surface area contributed by atoms with Gasteiger partial charge in [-0.1, -0.05) is 24.3 Å².